The molecule has 0 saturated heterocycles. The summed E-state index contributed by atoms with van der Waals surface area (Å²) in [6.07, 6.45) is 0.774. The van der Waals surface area contributed by atoms with Gasteiger partial charge in [0.05, 0.1) is 18.4 Å². The van der Waals surface area contributed by atoms with Crippen LogP contribution in [0.2, 0.25) is 25.7 Å². The molecule has 182 valence electrons. The summed E-state index contributed by atoms with van der Waals surface area (Å²) in [6.45, 7) is 8.70. The van der Waals surface area contributed by atoms with Crippen molar-refractivity contribution in [1.29, 1.82) is 0 Å². The minimum absolute atomic E-state index is 0.0693. The second kappa shape index (κ2) is 10.5. The van der Waals surface area contributed by atoms with E-state index >= 15 is 0 Å². The Morgan fingerprint density at radius 1 is 0.941 bits per heavy atom. The number of hydrogen-bond donors (Lipinski definition) is 1. The van der Waals surface area contributed by atoms with E-state index in [1.54, 1.807) is 7.11 Å². The monoisotopic (exact) mass is 478 g/mol. The highest BCUT2D eigenvalue weighted by Crippen LogP contribution is 2.47. The van der Waals surface area contributed by atoms with Gasteiger partial charge >= 0.3 is 0 Å². The zero-order chi connectivity index (χ0) is 24.3. The summed E-state index contributed by atoms with van der Waals surface area (Å²) < 4.78 is 18.4. The molecule has 0 radical (unpaired) electrons. The Bertz CT molecular complexity index is 1040. The summed E-state index contributed by atoms with van der Waals surface area (Å²) in [5, 5.41) is 0. The summed E-state index contributed by atoms with van der Waals surface area (Å²) in [7, 11) is 4.93. The number of aromatic amines is 1. The Hall–Kier alpha value is -2.38. The lowest BCUT2D eigenvalue weighted by atomic mass is 10.0. The van der Waals surface area contributed by atoms with Gasteiger partial charge in [-0.05, 0) is 50.8 Å². The molecule has 2 unspecified atom stereocenters. The minimum atomic E-state index is -1.09. The van der Waals surface area contributed by atoms with Crippen LogP contribution in [0.15, 0.2) is 54.6 Å². The molecule has 3 aromatic rings. The van der Waals surface area contributed by atoms with Gasteiger partial charge in [-0.3, -0.25) is 0 Å². The van der Waals surface area contributed by atoms with Gasteiger partial charge in [-0.25, -0.2) is 0 Å². The zero-order valence-electron chi connectivity index (χ0n) is 21.4. The van der Waals surface area contributed by atoms with Crippen molar-refractivity contribution in [3.8, 4) is 33.9 Å². The van der Waals surface area contributed by atoms with Gasteiger partial charge in [0.15, 0.2) is 0 Å². The predicted octanol–water partition coefficient (Wildman–Crippen LogP) is 6.82. The third kappa shape index (κ3) is 5.63. The van der Waals surface area contributed by atoms with Crippen LogP contribution in [-0.2, 0) is 9.47 Å². The zero-order valence-corrected chi connectivity index (χ0v) is 22.4. The van der Waals surface area contributed by atoms with Crippen LogP contribution in [0.1, 0.15) is 18.2 Å². The molecule has 2 aromatic carbocycles. The highest BCUT2D eigenvalue weighted by molar-refractivity contribution is 6.76. The highest BCUT2D eigenvalue weighted by atomic mass is 28.3. The Kier molecular flexibility index (Phi) is 7.62. The van der Waals surface area contributed by atoms with E-state index in [9.17, 15) is 0 Å². The Morgan fingerprint density at radius 2 is 1.59 bits per heavy atom. The third-order valence-corrected chi connectivity index (χ3v) is 8.25. The topological polar surface area (TPSA) is 46.7 Å². The Balaban J connectivity index is 1.60. The largest absolute Gasteiger partial charge is 0.456 e. The van der Waals surface area contributed by atoms with Gasteiger partial charge in [0.2, 0.25) is 0 Å². The van der Waals surface area contributed by atoms with Crippen LogP contribution in [0.5, 0.6) is 11.5 Å². The SMILES string of the molecule is COC(CC(COCC[Si](C)(C)C)N(C)C)c1cc2c([nH]1)-c1ccccc1Oc1ccccc1-2. The maximum atomic E-state index is 6.27. The number of likely N-dealkylation sites (N-methyl/N-ethyl adjacent to an activating group) is 1. The minimum Gasteiger partial charge on any atom is -0.456 e. The molecule has 0 saturated carbocycles. The van der Waals surface area contributed by atoms with Crippen molar-refractivity contribution in [3.63, 3.8) is 0 Å². The number of para-hydroxylation sites is 2. The first-order chi connectivity index (χ1) is 16.3. The molecule has 0 spiro atoms. The van der Waals surface area contributed by atoms with E-state index in [0.29, 0.717) is 6.61 Å². The van der Waals surface area contributed by atoms with E-state index < -0.39 is 8.07 Å². The molecule has 1 aromatic heterocycles. The lowest BCUT2D eigenvalue weighted by Gasteiger charge is -2.28. The van der Waals surface area contributed by atoms with E-state index in [2.05, 4.69) is 74.0 Å². The van der Waals surface area contributed by atoms with Gasteiger partial charge in [-0.15, -0.1) is 0 Å². The standard InChI is InChI=1S/C28H38N2O3Si/c1-30(2)20(19-32-15-16-34(4,5)6)17-27(31-3)24-18-23-21-11-7-9-13-25(21)33-26-14-10-8-12-22(26)28(23)29-24/h7-14,18,20,27,29H,15-17,19H2,1-6H3. The maximum Gasteiger partial charge on any atom is 0.136 e. The van der Waals surface area contributed by atoms with Crippen molar-refractivity contribution in [2.75, 3.05) is 34.4 Å². The van der Waals surface area contributed by atoms with Crippen molar-refractivity contribution < 1.29 is 14.2 Å². The summed E-state index contributed by atoms with van der Waals surface area (Å²) in [6, 6.07) is 20.1. The molecule has 0 bridgehead atoms. The first-order valence-electron chi connectivity index (χ1n) is 12.1. The first kappa shape index (κ1) is 24.7. The fourth-order valence-corrected chi connectivity index (χ4v) is 5.11. The molecule has 0 aliphatic carbocycles. The smallest absolute Gasteiger partial charge is 0.136 e. The number of nitrogens with zero attached hydrogens (tertiary/aromatic N) is 1. The van der Waals surface area contributed by atoms with Crippen LogP contribution < -0.4 is 4.74 Å². The van der Waals surface area contributed by atoms with E-state index in [1.807, 2.05) is 24.3 Å². The molecule has 1 aliphatic heterocycles. The number of ether oxygens (including phenoxy) is 3. The average molecular weight is 479 g/mol. The summed E-state index contributed by atoms with van der Waals surface area (Å²) in [4.78, 5) is 5.94. The number of benzene rings is 2. The predicted molar refractivity (Wildman–Crippen MR) is 143 cm³/mol. The molecule has 2 heterocycles. The van der Waals surface area contributed by atoms with Gasteiger partial charge in [0, 0.05) is 50.2 Å². The number of nitrogens with one attached hydrogen (secondary N) is 1. The lowest BCUT2D eigenvalue weighted by molar-refractivity contribution is 0.0316. The molecule has 0 amide bonds. The lowest BCUT2D eigenvalue weighted by Crippen LogP contribution is -2.35. The number of H-pyrrole nitrogens is 1. The first-order valence-corrected chi connectivity index (χ1v) is 15.8. The fourth-order valence-electron chi connectivity index (χ4n) is 4.36. The molecule has 6 heteroatoms. The van der Waals surface area contributed by atoms with Crippen molar-refractivity contribution in [2.24, 2.45) is 0 Å². The van der Waals surface area contributed by atoms with Crippen LogP contribution in [0, 0.1) is 0 Å². The van der Waals surface area contributed by atoms with Crippen LogP contribution in [0.3, 0.4) is 0 Å². The second-order valence-corrected chi connectivity index (χ2v) is 16.2. The summed E-state index contributed by atoms with van der Waals surface area (Å²) in [5.74, 6) is 1.73. The second-order valence-electron chi connectivity index (χ2n) is 10.6. The molecule has 34 heavy (non-hydrogen) atoms. The van der Waals surface area contributed by atoms with E-state index in [4.69, 9.17) is 14.2 Å². The maximum absolute atomic E-state index is 6.27. The average Bonchev–Trinajstić information content (AvgIpc) is 3.18. The van der Waals surface area contributed by atoms with E-state index in [1.165, 1.54) is 6.04 Å². The Labute approximate surface area is 205 Å². The fraction of sp³-hybridized carbons (Fsp3) is 0.429. The van der Waals surface area contributed by atoms with Gasteiger partial charge < -0.3 is 24.1 Å². The Morgan fingerprint density at radius 3 is 2.24 bits per heavy atom. The number of aromatic nitrogens is 1. The van der Waals surface area contributed by atoms with Crippen LogP contribution in [0.4, 0.5) is 0 Å². The van der Waals surface area contributed by atoms with Crippen molar-refractivity contribution in [2.45, 2.75) is 44.3 Å². The number of hydrogen-bond acceptors (Lipinski definition) is 4. The molecule has 5 nitrogen and oxygen atoms in total. The molecule has 1 aliphatic rings. The van der Waals surface area contributed by atoms with Crippen molar-refractivity contribution >= 4 is 8.07 Å². The van der Waals surface area contributed by atoms with Crippen LogP contribution in [-0.4, -0.2) is 58.4 Å². The number of fused-ring (bicyclic) bond motifs is 5. The van der Waals surface area contributed by atoms with Crippen LogP contribution >= 0.6 is 0 Å². The van der Waals surface area contributed by atoms with Crippen molar-refractivity contribution in [1.82, 2.24) is 9.88 Å². The molecule has 1 N–H and O–H groups in total. The summed E-state index contributed by atoms with van der Waals surface area (Å²) in [5.41, 5.74) is 5.45. The normalized spacial score (nSPS) is 14.6. The third-order valence-electron chi connectivity index (χ3n) is 6.55. The van der Waals surface area contributed by atoms with E-state index in [-0.39, 0.29) is 12.1 Å². The molecule has 2 atom stereocenters. The molecular formula is C28H38N2O3Si. The summed E-state index contributed by atoms with van der Waals surface area (Å²) >= 11 is 0. The van der Waals surface area contributed by atoms with Gasteiger partial charge in [-0.2, -0.15) is 0 Å². The van der Waals surface area contributed by atoms with Gasteiger partial charge in [0.1, 0.15) is 11.5 Å². The number of rotatable bonds is 10. The van der Waals surface area contributed by atoms with Gasteiger partial charge in [0.25, 0.3) is 0 Å². The molecular weight excluding hydrogens is 440 g/mol. The highest BCUT2D eigenvalue weighted by Gasteiger charge is 2.27. The quantitative estimate of drug-likeness (QED) is 0.201. The molecule has 0 fully saturated rings. The van der Waals surface area contributed by atoms with Crippen LogP contribution in [0.25, 0.3) is 22.4 Å². The van der Waals surface area contributed by atoms with E-state index in [0.717, 1.165) is 52.6 Å². The molecule has 4 rings (SSSR count). The van der Waals surface area contributed by atoms with Crippen molar-refractivity contribution in [3.05, 3.63) is 60.3 Å². The number of methoxy groups -OCH3 is 1. The van der Waals surface area contributed by atoms with Gasteiger partial charge in [-0.1, -0.05) is 50.0 Å².